The van der Waals surface area contributed by atoms with Crippen LogP contribution in [0.15, 0.2) is 0 Å². The Hall–Kier alpha value is -0.550. The first-order chi connectivity index (χ1) is 7.31. The third kappa shape index (κ3) is 3.83. The molecule has 0 radical (unpaired) electrons. The van der Waals surface area contributed by atoms with Gasteiger partial charge in [0.15, 0.2) is 0 Å². The monoisotopic (exact) mass is 208 g/mol. The molecule has 0 aromatic carbocycles. The van der Waals surface area contributed by atoms with Gasteiger partial charge in [0.2, 0.25) is 0 Å². The summed E-state index contributed by atoms with van der Waals surface area (Å²) in [6.07, 6.45) is 7.30. The second kappa shape index (κ2) is 6.85. The Bertz CT molecular complexity index is 203. The van der Waals surface area contributed by atoms with Crippen molar-refractivity contribution in [2.45, 2.75) is 58.4 Å². The lowest BCUT2D eigenvalue weighted by Gasteiger charge is -2.29. The molecule has 2 heteroatoms. The van der Waals surface area contributed by atoms with E-state index >= 15 is 0 Å². The van der Waals surface area contributed by atoms with Crippen LogP contribution in [0.4, 0.5) is 0 Å². The molecule has 0 heterocycles. The summed E-state index contributed by atoms with van der Waals surface area (Å²) in [4.78, 5) is 0. The van der Waals surface area contributed by atoms with Gasteiger partial charge in [0, 0.05) is 6.04 Å². The Morgan fingerprint density at radius 1 is 1.27 bits per heavy atom. The molecule has 0 bridgehead atoms. The molecule has 2 unspecified atom stereocenters. The van der Waals surface area contributed by atoms with Crippen LogP contribution < -0.4 is 5.32 Å². The van der Waals surface area contributed by atoms with Gasteiger partial charge in [0.1, 0.15) is 0 Å². The first-order valence-electron chi connectivity index (χ1n) is 6.44. The van der Waals surface area contributed by atoms with Crippen LogP contribution in [0.25, 0.3) is 0 Å². The van der Waals surface area contributed by atoms with Gasteiger partial charge in [-0.1, -0.05) is 39.5 Å². The molecule has 1 N–H and O–H groups in total. The summed E-state index contributed by atoms with van der Waals surface area (Å²) in [7, 11) is 0. The normalized spacial score (nSPS) is 26.5. The smallest absolute Gasteiger partial charge is 0.0672 e. The van der Waals surface area contributed by atoms with E-state index < -0.39 is 0 Å². The average Bonchev–Trinajstić information content (AvgIpc) is 2.31. The molecule has 0 aromatic heterocycles. The molecule has 0 spiro atoms. The Balaban J connectivity index is 2.32. The molecule has 15 heavy (non-hydrogen) atoms. The van der Waals surface area contributed by atoms with Gasteiger partial charge in [-0.25, -0.2) is 0 Å². The second-order valence-electron chi connectivity index (χ2n) is 4.72. The minimum absolute atomic E-state index is 0.258. The molecule has 2 atom stereocenters. The van der Waals surface area contributed by atoms with Gasteiger partial charge in [-0.2, -0.15) is 5.26 Å². The average molecular weight is 208 g/mol. The zero-order chi connectivity index (χ0) is 11.1. The van der Waals surface area contributed by atoms with E-state index in [4.69, 9.17) is 5.26 Å². The molecular weight excluding hydrogens is 184 g/mol. The predicted octanol–water partition coefficient (Wildman–Crippen LogP) is 3.09. The number of rotatable bonds is 5. The van der Waals surface area contributed by atoms with Crippen LogP contribution in [0.3, 0.4) is 0 Å². The number of nitrogens with one attached hydrogen (secondary N) is 1. The molecule has 0 saturated heterocycles. The quantitative estimate of drug-likeness (QED) is 0.753. The van der Waals surface area contributed by atoms with E-state index in [0.29, 0.717) is 6.04 Å². The molecule has 1 aliphatic rings. The Morgan fingerprint density at radius 2 is 1.93 bits per heavy atom. The Morgan fingerprint density at radius 3 is 2.53 bits per heavy atom. The number of hydrogen-bond acceptors (Lipinski definition) is 2. The number of hydrogen-bond donors (Lipinski definition) is 1. The SMILES string of the molecule is CCC(CC)CNC1CCCCC1C#N. The van der Waals surface area contributed by atoms with E-state index in [9.17, 15) is 0 Å². The van der Waals surface area contributed by atoms with E-state index in [2.05, 4.69) is 25.2 Å². The maximum Gasteiger partial charge on any atom is 0.0672 e. The van der Waals surface area contributed by atoms with Gasteiger partial charge in [0.25, 0.3) is 0 Å². The van der Waals surface area contributed by atoms with Crippen molar-refractivity contribution in [3.05, 3.63) is 0 Å². The van der Waals surface area contributed by atoms with E-state index in [1.165, 1.54) is 32.1 Å². The zero-order valence-electron chi connectivity index (χ0n) is 10.1. The highest BCUT2D eigenvalue weighted by molar-refractivity contribution is 4.94. The van der Waals surface area contributed by atoms with Gasteiger partial charge >= 0.3 is 0 Å². The van der Waals surface area contributed by atoms with Crippen molar-refractivity contribution in [2.75, 3.05) is 6.54 Å². The summed E-state index contributed by atoms with van der Waals surface area (Å²) in [5, 5.41) is 12.7. The van der Waals surface area contributed by atoms with Crippen molar-refractivity contribution < 1.29 is 0 Å². The topological polar surface area (TPSA) is 35.8 Å². The van der Waals surface area contributed by atoms with Crippen LogP contribution in [0.2, 0.25) is 0 Å². The molecule has 0 amide bonds. The third-order valence-corrected chi connectivity index (χ3v) is 3.76. The van der Waals surface area contributed by atoms with E-state index in [-0.39, 0.29) is 5.92 Å². The summed E-state index contributed by atoms with van der Waals surface area (Å²) < 4.78 is 0. The fraction of sp³-hybridized carbons (Fsp3) is 0.923. The van der Waals surface area contributed by atoms with Gasteiger partial charge in [-0.15, -0.1) is 0 Å². The highest BCUT2D eigenvalue weighted by Crippen LogP contribution is 2.24. The van der Waals surface area contributed by atoms with Crippen molar-refractivity contribution in [3.63, 3.8) is 0 Å². The third-order valence-electron chi connectivity index (χ3n) is 3.76. The predicted molar refractivity (Wildman–Crippen MR) is 63.4 cm³/mol. The summed E-state index contributed by atoms with van der Waals surface area (Å²) >= 11 is 0. The lowest BCUT2D eigenvalue weighted by Crippen LogP contribution is -2.40. The van der Waals surface area contributed by atoms with Crippen LogP contribution in [0.5, 0.6) is 0 Å². The summed E-state index contributed by atoms with van der Waals surface area (Å²) in [6.45, 7) is 5.59. The van der Waals surface area contributed by atoms with E-state index in [0.717, 1.165) is 18.9 Å². The Labute approximate surface area is 94.1 Å². The van der Waals surface area contributed by atoms with Crippen molar-refractivity contribution in [1.29, 1.82) is 5.26 Å². The van der Waals surface area contributed by atoms with Crippen LogP contribution in [0, 0.1) is 23.2 Å². The van der Waals surface area contributed by atoms with Crippen LogP contribution in [-0.2, 0) is 0 Å². The molecule has 0 aromatic rings. The standard InChI is InChI=1S/C13H24N2/c1-3-11(4-2)10-15-13-8-6-5-7-12(13)9-14/h11-13,15H,3-8,10H2,1-2H3. The summed E-state index contributed by atoms with van der Waals surface area (Å²) in [5.74, 6) is 1.04. The molecule has 1 rings (SSSR count). The molecular formula is C13H24N2. The highest BCUT2D eigenvalue weighted by atomic mass is 14.9. The summed E-state index contributed by atoms with van der Waals surface area (Å²) in [6, 6.07) is 2.91. The van der Waals surface area contributed by atoms with E-state index in [1.54, 1.807) is 0 Å². The molecule has 0 aliphatic heterocycles. The lowest BCUT2D eigenvalue weighted by molar-refractivity contribution is 0.292. The minimum atomic E-state index is 0.258. The van der Waals surface area contributed by atoms with Crippen molar-refractivity contribution >= 4 is 0 Å². The molecule has 1 fully saturated rings. The first-order valence-corrected chi connectivity index (χ1v) is 6.44. The van der Waals surface area contributed by atoms with Crippen LogP contribution in [0.1, 0.15) is 52.4 Å². The maximum absolute atomic E-state index is 9.05. The minimum Gasteiger partial charge on any atom is -0.312 e. The summed E-state index contributed by atoms with van der Waals surface area (Å²) in [5.41, 5.74) is 0. The van der Waals surface area contributed by atoms with Crippen molar-refractivity contribution in [1.82, 2.24) is 5.32 Å². The van der Waals surface area contributed by atoms with E-state index in [1.807, 2.05) is 0 Å². The van der Waals surface area contributed by atoms with Gasteiger partial charge in [0.05, 0.1) is 12.0 Å². The molecule has 1 aliphatic carbocycles. The lowest BCUT2D eigenvalue weighted by atomic mass is 9.85. The maximum atomic E-state index is 9.05. The van der Waals surface area contributed by atoms with Gasteiger partial charge in [-0.05, 0) is 25.3 Å². The molecule has 2 nitrogen and oxygen atoms in total. The zero-order valence-corrected chi connectivity index (χ0v) is 10.1. The highest BCUT2D eigenvalue weighted by Gasteiger charge is 2.24. The van der Waals surface area contributed by atoms with Crippen molar-refractivity contribution in [3.8, 4) is 6.07 Å². The largest absolute Gasteiger partial charge is 0.312 e. The molecule has 86 valence electrons. The number of nitriles is 1. The van der Waals surface area contributed by atoms with Crippen molar-refractivity contribution in [2.24, 2.45) is 11.8 Å². The number of nitrogens with zero attached hydrogens (tertiary/aromatic N) is 1. The molecule has 1 saturated carbocycles. The Kier molecular flexibility index (Phi) is 5.71. The van der Waals surface area contributed by atoms with Crippen LogP contribution >= 0.6 is 0 Å². The fourth-order valence-corrected chi connectivity index (χ4v) is 2.43. The van der Waals surface area contributed by atoms with Crippen LogP contribution in [-0.4, -0.2) is 12.6 Å². The van der Waals surface area contributed by atoms with Gasteiger partial charge < -0.3 is 5.32 Å². The van der Waals surface area contributed by atoms with Gasteiger partial charge in [-0.3, -0.25) is 0 Å². The first kappa shape index (κ1) is 12.5. The fourth-order valence-electron chi connectivity index (χ4n) is 2.43. The second-order valence-corrected chi connectivity index (χ2v) is 4.72.